The zero-order valence-corrected chi connectivity index (χ0v) is 16.0. The summed E-state index contributed by atoms with van der Waals surface area (Å²) in [4.78, 5) is 6.87. The number of rotatable bonds is 7. The molecule has 0 radical (unpaired) electrons. The Morgan fingerprint density at radius 3 is 2.59 bits per heavy atom. The van der Waals surface area contributed by atoms with E-state index in [0.717, 1.165) is 36.6 Å². The summed E-state index contributed by atoms with van der Waals surface area (Å²) in [6, 6.07) is 18.6. The van der Waals surface area contributed by atoms with Gasteiger partial charge in [-0.15, -0.1) is 0 Å². The molecule has 2 N–H and O–H groups in total. The summed E-state index contributed by atoms with van der Waals surface area (Å²) >= 11 is 0. The molecule has 0 aromatic heterocycles. The molecule has 3 rings (SSSR count). The van der Waals surface area contributed by atoms with Crippen molar-refractivity contribution in [1.82, 2.24) is 10.2 Å². The highest BCUT2D eigenvalue weighted by molar-refractivity contribution is 5.80. The van der Waals surface area contributed by atoms with Gasteiger partial charge < -0.3 is 20.1 Å². The third-order valence-electron chi connectivity index (χ3n) is 4.58. The summed E-state index contributed by atoms with van der Waals surface area (Å²) < 4.78 is 5.83. The van der Waals surface area contributed by atoms with E-state index in [1.165, 1.54) is 5.56 Å². The van der Waals surface area contributed by atoms with E-state index in [1.54, 1.807) is 0 Å². The number of nitrogens with one attached hydrogen (secondary N) is 1. The highest BCUT2D eigenvalue weighted by Crippen LogP contribution is 2.12. The first-order valence-electron chi connectivity index (χ1n) is 9.65. The van der Waals surface area contributed by atoms with Crippen LogP contribution in [0.4, 0.5) is 0 Å². The van der Waals surface area contributed by atoms with E-state index >= 15 is 0 Å². The van der Waals surface area contributed by atoms with Gasteiger partial charge in [0.15, 0.2) is 5.96 Å². The van der Waals surface area contributed by atoms with E-state index in [4.69, 9.17) is 9.73 Å². The van der Waals surface area contributed by atoms with Crippen LogP contribution in [0, 0.1) is 0 Å². The van der Waals surface area contributed by atoms with Gasteiger partial charge in [-0.1, -0.05) is 54.6 Å². The van der Waals surface area contributed by atoms with Crippen LogP contribution in [-0.2, 0) is 24.5 Å². The average molecular weight is 367 g/mol. The number of hydrogen-bond acceptors (Lipinski definition) is 3. The predicted octanol–water partition coefficient (Wildman–Crippen LogP) is 2.94. The van der Waals surface area contributed by atoms with Crippen LogP contribution >= 0.6 is 0 Å². The zero-order valence-electron chi connectivity index (χ0n) is 16.0. The molecular weight excluding hydrogens is 338 g/mol. The number of hydrogen-bond donors (Lipinski definition) is 2. The van der Waals surface area contributed by atoms with Crippen molar-refractivity contribution in [1.29, 1.82) is 0 Å². The number of likely N-dealkylation sites (tertiary alicyclic amines) is 1. The summed E-state index contributed by atoms with van der Waals surface area (Å²) in [7, 11) is 0. The third kappa shape index (κ3) is 6.08. The lowest BCUT2D eigenvalue weighted by molar-refractivity contribution is 0.107. The van der Waals surface area contributed by atoms with Gasteiger partial charge in [0.1, 0.15) is 0 Å². The maximum atomic E-state index is 9.76. The molecule has 1 saturated heterocycles. The first-order chi connectivity index (χ1) is 13.2. The topological polar surface area (TPSA) is 57.1 Å². The molecule has 0 amide bonds. The standard InChI is InChI=1S/C22H29N3O2/c1-2-23-22(25-12-11-21(26)15-25)24-14-19-9-6-10-20(13-19)17-27-16-18-7-4-3-5-8-18/h3-10,13,21,26H,2,11-12,14-17H2,1H3,(H,23,24)/t21-/m1/s1. The van der Waals surface area contributed by atoms with Crippen LogP contribution in [0.2, 0.25) is 0 Å². The van der Waals surface area contributed by atoms with Gasteiger partial charge in [0.2, 0.25) is 0 Å². The van der Waals surface area contributed by atoms with E-state index in [0.29, 0.717) is 26.3 Å². The van der Waals surface area contributed by atoms with E-state index in [-0.39, 0.29) is 6.10 Å². The minimum Gasteiger partial charge on any atom is -0.391 e. The molecule has 0 unspecified atom stereocenters. The van der Waals surface area contributed by atoms with Crippen LogP contribution in [0.15, 0.2) is 59.6 Å². The molecule has 1 aliphatic rings. The van der Waals surface area contributed by atoms with Crippen molar-refractivity contribution in [3.8, 4) is 0 Å². The Hall–Kier alpha value is -2.37. The molecule has 1 aliphatic heterocycles. The Morgan fingerprint density at radius 1 is 1.11 bits per heavy atom. The van der Waals surface area contributed by atoms with Crippen LogP contribution in [0.5, 0.6) is 0 Å². The summed E-state index contributed by atoms with van der Waals surface area (Å²) in [5, 5.41) is 13.1. The molecule has 5 nitrogen and oxygen atoms in total. The smallest absolute Gasteiger partial charge is 0.194 e. The van der Waals surface area contributed by atoms with Crippen molar-refractivity contribution < 1.29 is 9.84 Å². The molecule has 0 spiro atoms. The number of ether oxygens (including phenoxy) is 1. The molecule has 27 heavy (non-hydrogen) atoms. The van der Waals surface area contributed by atoms with Crippen molar-refractivity contribution in [2.45, 2.75) is 39.2 Å². The van der Waals surface area contributed by atoms with Crippen LogP contribution in [0.1, 0.15) is 30.0 Å². The minimum atomic E-state index is -0.251. The summed E-state index contributed by atoms with van der Waals surface area (Å²) in [6.07, 6.45) is 0.553. The second-order valence-corrected chi connectivity index (χ2v) is 6.86. The summed E-state index contributed by atoms with van der Waals surface area (Å²) in [5.41, 5.74) is 3.49. The molecule has 0 aliphatic carbocycles. The van der Waals surface area contributed by atoms with Crippen molar-refractivity contribution >= 4 is 5.96 Å². The number of aliphatic hydroxyl groups is 1. The van der Waals surface area contributed by atoms with Gasteiger partial charge in [-0.3, -0.25) is 0 Å². The van der Waals surface area contributed by atoms with Gasteiger partial charge in [-0.05, 0) is 30.0 Å². The van der Waals surface area contributed by atoms with E-state index < -0.39 is 0 Å². The molecule has 5 heteroatoms. The number of aliphatic imine (C=N–C) groups is 1. The molecule has 144 valence electrons. The molecule has 1 heterocycles. The highest BCUT2D eigenvalue weighted by atomic mass is 16.5. The Morgan fingerprint density at radius 2 is 1.85 bits per heavy atom. The zero-order chi connectivity index (χ0) is 18.9. The maximum absolute atomic E-state index is 9.76. The lowest BCUT2D eigenvalue weighted by atomic mass is 10.1. The number of benzene rings is 2. The molecule has 2 aromatic carbocycles. The fraction of sp³-hybridized carbons (Fsp3) is 0.409. The maximum Gasteiger partial charge on any atom is 0.194 e. The van der Waals surface area contributed by atoms with Crippen LogP contribution in [-0.4, -0.2) is 41.7 Å². The lowest BCUT2D eigenvalue weighted by Gasteiger charge is -2.21. The monoisotopic (exact) mass is 367 g/mol. The average Bonchev–Trinajstić information content (AvgIpc) is 3.12. The molecule has 2 aromatic rings. The molecule has 0 saturated carbocycles. The van der Waals surface area contributed by atoms with Crippen LogP contribution in [0.25, 0.3) is 0 Å². The lowest BCUT2D eigenvalue weighted by Crippen LogP contribution is -2.40. The predicted molar refractivity (Wildman–Crippen MR) is 108 cm³/mol. The Bertz CT molecular complexity index is 733. The second kappa shape index (κ2) is 10.1. The minimum absolute atomic E-state index is 0.251. The van der Waals surface area contributed by atoms with Crippen molar-refractivity contribution in [2.24, 2.45) is 4.99 Å². The largest absolute Gasteiger partial charge is 0.391 e. The van der Waals surface area contributed by atoms with Crippen molar-refractivity contribution in [3.63, 3.8) is 0 Å². The quantitative estimate of drug-likeness (QED) is 0.584. The fourth-order valence-electron chi connectivity index (χ4n) is 3.20. The number of aliphatic hydroxyl groups excluding tert-OH is 1. The molecular formula is C22H29N3O2. The first kappa shape index (κ1) is 19.4. The van der Waals surface area contributed by atoms with Gasteiger partial charge in [-0.25, -0.2) is 4.99 Å². The Labute approximate surface area is 161 Å². The van der Waals surface area contributed by atoms with E-state index in [2.05, 4.69) is 53.5 Å². The Balaban J connectivity index is 1.55. The molecule has 0 bridgehead atoms. The van der Waals surface area contributed by atoms with Gasteiger partial charge in [0, 0.05) is 19.6 Å². The van der Waals surface area contributed by atoms with E-state index in [9.17, 15) is 5.11 Å². The van der Waals surface area contributed by atoms with Gasteiger partial charge in [-0.2, -0.15) is 0 Å². The first-order valence-corrected chi connectivity index (χ1v) is 9.65. The van der Waals surface area contributed by atoms with Crippen LogP contribution < -0.4 is 5.32 Å². The van der Waals surface area contributed by atoms with Crippen molar-refractivity contribution in [2.75, 3.05) is 19.6 Å². The number of guanidine groups is 1. The number of β-amino-alcohol motifs (C(OH)–C–C–N with tert-alkyl or cyclic N) is 1. The van der Waals surface area contributed by atoms with Gasteiger partial charge in [0.25, 0.3) is 0 Å². The highest BCUT2D eigenvalue weighted by Gasteiger charge is 2.22. The summed E-state index contributed by atoms with van der Waals surface area (Å²) in [6.45, 7) is 6.20. The fourth-order valence-corrected chi connectivity index (χ4v) is 3.20. The van der Waals surface area contributed by atoms with Crippen LogP contribution in [0.3, 0.4) is 0 Å². The summed E-state index contributed by atoms with van der Waals surface area (Å²) in [5.74, 6) is 0.875. The SMILES string of the molecule is CCNC(=NCc1cccc(COCc2ccccc2)c1)N1CC[C@@H](O)C1. The van der Waals surface area contributed by atoms with E-state index in [1.807, 2.05) is 18.2 Å². The van der Waals surface area contributed by atoms with Gasteiger partial charge >= 0.3 is 0 Å². The Kier molecular flexibility index (Phi) is 7.25. The molecule has 1 atom stereocenters. The normalized spacial score (nSPS) is 17.3. The molecule has 1 fully saturated rings. The second-order valence-electron chi connectivity index (χ2n) is 6.86. The third-order valence-corrected chi connectivity index (χ3v) is 4.58. The van der Waals surface area contributed by atoms with Crippen molar-refractivity contribution in [3.05, 3.63) is 71.3 Å². The number of nitrogens with zero attached hydrogens (tertiary/aromatic N) is 2. The van der Waals surface area contributed by atoms with Gasteiger partial charge in [0.05, 0.1) is 25.9 Å².